The zero-order chi connectivity index (χ0) is 41.4. The summed E-state index contributed by atoms with van der Waals surface area (Å²) in [4.78, 5) is 35.1. The molecular weight excluding hydrogens is 767 g/mol. The lowest BCUT2D eigenvalue weighted by Crippen LogP contribution is -2.52. The van der Waals surface area contributed by atoms with Crippen LogP contribution in [0.3, 0.4) is 0 Å². The molecule has 0 saturated heterocycles. The zero-order valence-electron chi connectivity index (χ0n) is 34.5. The van der Waals surface area contributed by atoms with Gasteiger partial charge in [-0.25, -0.2) is 14.8 Å². The van der Waals surface area contributed by atoms with Gasteiger partial charge in [-0.1, -0.05) is 43.7 Å². The lowest BCUT2D eigenvalue weighted by atomic mass is 9.52. The predicted molar refractivity (Wildman–Crippen MR) is 229 cm³/mol. The Hall–Kier alpha value is -4.99. The van der Waals surface area contributed by atoms with E-state index in [9.17, 15) is 14.7 Å². The summed E-state index contributed by atoms with van der Waals surface area (Å²) in [7, 11) is 0. The fourth-order valence-electron chi connectivity index (χ4n) is 10.5. The first kappa shape index (κ1) is 40.8. The molecule has 0 spiro atoms. The topological polar surface area (TPSA) is 181 Å². The largest absolute Gasteiger partial charge is 0.481 e. The molecule has 59 heavy (non-hydrogen) atoms. The monoisotopic (exact) mass is 821 g/mol. The maximum absolute atomic E-state index is 12.8. The molecule has 14 nitrogen and oxygen atoms in total. The van der Waals surface area contributed by atoms with E-state index in [0.29, 0.717) is 49.3 Å². The molecule has 2 bridgehead atoms. The molecule has 2 aliphatic carbocycles. The number of para-hydroxylation sites is 1. The lowest BCUT2D eigenvalue weighted by molar-refractivity contribution is -0.164. The van der Waals surface area contributed by atoms with Crippen LogP contribution < -0.4 is 15.5 Å². The van der Waals surface area contributed by atoms with Gasteiger partial charge in [0.05, 0.1) is 35.0 Å². The number of thiazole rings is 1. The quantitative estimate of drug-likeness (QED) is 0.0697. The van der Waals surface area contributed by atoms with Crippen molar-refractivity contribution >= 4 is 56.1 Å². The van der Waals surface area contributed by atoms with Gasteiger partial charge in [-0.3, -0.25) is 9.48 Å². The van der Waals surface area contributed by atoms with Crippen molar-refractivity contribution in [3.63, 3.8) is 0 Å². The first-order valence-corrected chi connectivity index (χ1v) is 21.7. The number of benzene rings is 1. The van der Waals surface area contributed by atoms with Gasteiger partial charge in [-0.2, -0.15) is 5.10 Å². The molecule has 8 rings (SSSR count). The van der Waals surface area contributed by atoms with Crippen molar-refractivity contribution in [2.75, 3.05) is 36.5 Å². The highest BCUT2D eigenvalue weighted by molar-refractivity contribution is 7.22. The second-order valence-electron chi connectivity index (χ2n) is 17.6. The smallest absolute Gasteiger partial charge is 0.355 e. The molecule has 2 saturated carbocycles. The number of aliphatic carboxylic acids is 1. The molecule has 0 amide bonds. The summed E-state index contributed by atoms with van der Waals surface area (Å²) in [6.45, 7) is 11.9. The number of aryl methyl sites for hydroxylation is 1. The standard InChI is InChI=1S/C44H55N9O5S/c1-28-30-10-7-21-52(39(30)51-50-38(28)49-41-47-33-11-5-6-12-34(33)59-41)35-14-13-31(37(48-35)40(56)57)32-24-46-53(29(32)2)22-9-17-43(4)25-42(3)16-8-18-44(26-42,27-43)58-23-20-45-19-15-36(54)55/h5-6,11-14,24,45H,7-10,15-23,25-27H2,1-4H3,(H,54,55)(H,56,57)(H,47,49,50). The number of rotatable bonds is 16. The zero-order valence-corrected chi connectivity index (χ0v) is 35.3. The van der Waals surface area contributed by atoms with Crippen LogP contribution in [0.4, 0.5) is 22.6 Å². The fourth-order valence-corrected chi connectivity index (χ4v) is 11.4. The second kappa shape index (κ2) is 16.6. The molecule has 3 unspecified atom stereocenters. The average Bonchev–Trinajstić information content (AvgIpc) is 3.78. The molecule has 0 radical (unpaired) electrons. The van der Waals surface area contributed by atoms with Gasteiger partial charge in [0.25, 0.3) is 0 Å². The Morgan fingerprint density at radius 1 is 0.966 bits per heavy atom. The van der Waals surface area contributed by atoms with Crippen molar-refractivity contribution in [2.45, 2.75) is 110 Å². The van der Waals surface area contributed by atoms with Crippen LogP contribution >= 0.6 is 11.3 Å². The van der Waals surface area contributed by atoms with Crippen LogP contribution in [0.2, 0.25) is 0 Å². The number of hydrogen-bond donors (Lipinski definition) is 4. The molecule has 2 fully saturated rings. The minimum absolute atomic E-state index is 0.0204. The summed E-state index contributed by atoms with van der Waals surface area (Å²) in [5.74, 6) is -0.0214. The number of carboxylic acids is 2. The van der Waals surface area contributed by atoms with Gasteiger partial charge in [-0.15, -0.1) is 10.2 Å². The molecule has 4 N–H and O–H groups in total. The van der Waals surface area contributed by atoms with Crippen LogP contribution in [0, 0.1) is 24.7 Å². The van der Waals surface area contributed by atoms with E-state index < -0.39 is 11.9 Å². The van der Waals surface area contributed by atoms with Crippen LogP contribution in [-0.2, 0) is 22.5 Å². The van der Waals surface area contributed by atoms with Crippen molar-refractivity contribution < 1.29 is 24.5 Å². The molecule has 15 heteroatoms. The van der Waals surface area contributed by atoms with Crippen molar-refractivity contribution in [3.8, 4) is 11.1 Å². The van der Waals surface area contributed by atoms with E-state index in [0.717, 1.165) is 89.2 Å². The maximum Gasteiger partial charge on any atom is 0.355 e. The van der Waals surface area contributed by atoms with E-state index in [1.54, 1.807) is 17.5 Å². The SMILES string of the molecule is Cc1c(Nc2nc3ccccc3s2)nnc2c1CCCN2c1ccc(-c2cnn(CCCC3(C)CC4(C)CCCC(OCCNCCC(=O)O)(C3)C4)c2C)c(C(=O)O)n1. The Morgan fingerprint density at radius 2 is 1.81 bits per heavy atom. The molecule has 4 aromatic heterocycles. The van der Waals surface area contributed by atoms with Gasteiger partial charge >= 0.3 is 11.9 Å². The third-order valence-electron chi connectivity index (χ3n) is 12.8. The number of aromatic nitrogens is 6. The number of ether oxygens (including phenoxy) is 1. The van der Waals surface area contributed by atoms with Crippen molar-refractivity contribution in [1.82, 2.24) is 35.3 Å². The Balaban J connectivity index is 0.943. The van der Waals surface area contributed by atoms with Gasteiger partial charge < -0.3 is 30.5 Å². The second-order valence-corrected chi connectivity index (χ2v) is 18.6. The number of hydrogen-bond acceptors (Lipinski definition) is 12. The van der Waals surface area contributed by atoms with Crippen LogP contribution in [0.15, 0.2) is 42.6 Å². The Kier molecular flexibility index (Phi) is 11.5. The van der Waals surface area contributed by atoms with Crippen molar-refractivity contribution in [3.05, 3.63) is 65.1 Å². The number of nitrogens with one attached hydrogen (secondary N) is 2. The molecule has 3 atom stereocenters. The molecule has 3 aliphatic rings. The summed E-state index contributed by atoms with van der Waals surface area (Å²) >= 11 is 1.57. The Bertz CT molecular complexity index is 2330. The number of pyridine rings is 1. The Labute approximate surface area is 348 Å². The van der Waals surface area contributed by atoms with Gasteiger partial charge in [0.15, 0.2) is 22.5 Å². The summed E-state index contributed by atoms with van der Waals surface area (Å²) < 4.78 is 9.77. The molecular formula is C44H55N9O5S. The number of nitrogens with zero attached hydrogens (tertiary/aromatic N) is 7. The van der Waals surface area contributed by atoms with E-state index in [1.165, 1.54) is 19.3 Å². The third-order valence-corrected chi connectivity index (χ3v) is 13.7. The van der Waals surface area contributed by atoms with Crippen LogP contribution in [0.1, 0.15) is 105 Å². The summed E-state index contributed by atoms with van der Waals surface area (Å²) in [5, 5.41) is 40.7. The van der Waals surface area contributed by atoms with Crippen molar-refractivity contribution in [1.29, 1.82) is 0 Å². The summed E-state index contributed by atoms with van der Waals surface area (Å²) in [5.41, 5.74) is 5.38. The fraction of sp³-hybridized carbons (Fsp3) is 0.523. The van der Waals surface area contributed by atoms with Gasteiger partial charge in [0, 0.05) is 54.1 Å². The summed E-state index contributed by atoms with van der Waals surface area (Å²) in [6.07, 6.45) is 12.3. The number of fused-ring (bicyclic) bond motifs is 4. The predicted octanol–water partition coefficient (Wildman–Crippen LogP) is 8.47. The van der Waals surface area contributed by atoms with E-state index in [4.69, 9.17) is 24.9 Å². The van der Waals surface area contributed by atoms with E-state index in [1.807, 2.05) is 59.8 Å². The van der Waals surface area contributed by atoms with Crippen LogP contribution in [-0.4, -0.2) is 83.9 Å². The number of aromatic carboxylic acids is 1. The van der Waals surface area contributed by atoms with Crippen LogP contribution in [0.5, 0.6) is 0 Å². The normalized spacial score (nSPS) is 22.7. The first-order chi connectivity index (χ1) is 28.3. The van der Waals surface area contributed by atoms with E-state index in [2.05, 4.69) is 34.7 Å². The van der Waals surface area contributed by atoms with E-state index >= 15 is 0 Å². The highest BCUT2D eigenvalue weighted by atomic mass is 32.1. The maximum atomic E-state index is 12.8. The van der Waals surface area contributed by atoms with Gasteiger partial charge in [-0.05, 0) is 107 Å². The Morgan fingerprint density at radius 3 is 2.63 bits per heavy atom. The van der Waals surface area contributed by atoms with Gasteiger partial charge in [0.2, 0.25) is 0 Å². The highest BCUT2D eigenvalue weighted by Crippen LogP contribution is 2.59. The van der Waals surface area contributed by atoms with E-state index in [-0.39, 0.29) is 28.5 Å². The number of anilines is 4. The van der Waals surface area contributed by atoms with Crippen molar-refractivity contribution in [2.24, 2.45) is 10.8 Å². The minimum atomic E-state index is -1.10. The number of carboxylic acid groups (broad SMARTS) is 2. The average molecular weight is 822 g/mol. The van der Waals surface area contributed by atoms with Gasteiger partial charge in [0.1, 0.15) is 5.82 Å². The molecule has 5 aromatic rings. The molecule has 1 aromatic carbocycles. The molecule has 5 heterocycles. The number of carbonyl (C=O) groups is 2. The lowest BCUT2D eigenvalue weighted by Gasteiger charge is -2.57. The minimum Gasteiger partial charge on any atom is -0.481 e. The third kappa shape index (κ3) is 8.69. The van der Waals surface area contributed by atoms with Crippen LogP contribution in [0.25, 0.3) is 21.3 Å². The first-order valence-electron chi connectivity index (χ1n) is 20.9. The molecule has 1 aliphatic heterocycles. The molecule has 312 valence electrons. The highest BCUT2D eigenvalue weighted by Gasteiger charge is 2.53. The summed E-state index contributed by atoms with van der Waals surface area (Å²) in [6, 6.07) is 11.7.